The lowest BCUT2D eigenvalue weighted by molar-refractivity contribution is -0.135. The molecule has 0 saturated carbocycles. The van der Waals surface area contributed by atoms with Crippen molar-refractivity contribution in [2.75, 3.05) is 5.73 Å². The summed E-state index contributed by atoms with van der Waals surface area (Å²) in [5.41, 5.74) is 8.02. The summed E-state index contributed by atoms with van der Waals surface area (Å²) < 4.78 is 0. The Morgan fingerprint density at radius 3 is 2.79 bits per heavy atom. The lowest BCUT2D eigenvalue weighted by atomic mass is 10.1. The predicted octanol–water partition coefficient (Wildman–Crippen LogP) is 1.40. The van der Waals surface area contributed by atoms with E-state index in [0.717, 1.165) is 11.1 Å². The highest BCUT2D eigenvalue weighted by Crippen LogP contribution is 2.09. The van der Waals surface area contributed by atoms with Gasteiger partial charge < -0.3 is 10.8 Å². The van der Waals surface area contributed by atoms with Crippen LogP contribution in [0.2, 0.25) is 0 Å². The number of hydrogen-bond acceptors (Lipinski definition) is 2. The first-order chi connectivity index (χ1) is 6.58. The number of carboxylic acid groups (broad SMARTS) is 1. The number of carbonyl (C=O) groups is 1. The van der Waals surface area contributed by atoms with Gasteiger partial charge in [0.1, 0.15) is 6.42 Å². The van der Waals surface area contributed by atoms with Gasteiger partial charge in [-0.25, -0.2) is 0 Å². The second-order valence-corrected chi connectivity index (χ2v) is 3.00. The highest BCUT2D eigenvalue weighted by atomic mass is 16.4. The van der Waals surface area contributed by atoms with Crippen LogP contribution in [0, 0.1) is 18.8 Å². The predicted molar refractivity (Wildman–Crippen MR) is 54.7 cm³/mol. The molecule has 0 aromatic heterocycles. The van der Waals surface area contributed by atoms with Crippen molar-refractivity contribution in [1.29, 1.82) is 0 Å². The van der Waals surface area contributed by atoms with Crippen molar-refractivity contribution in [3.63, 3.8) is 0 Å². The quantitative estimate of drug-likeness (QED) is 0.518. The first-order valence-electron chi connectivity index (χ1n) is 4.16. The lowest BCUT2D eigenvalue weighted by Gasteiger charge is -1.97. The van der Waals surface area contributed by atoms with E-state index in [2.05, 4.69) is 11.8 Å². The van der Waals surface area contributed by atoms with E-state index in [1.165, 1.54) is 0 Å². The molecule has 1 aromatic carbocycles. The van der Waals surface area contributed by atoms with E-state index < -0.39 is 5.97 Å². The SMILES string of the molecule is Cc1cc(N)cc(C#CCC(=O)O)c1. The minimum Gasteiger partial charge on any atom is -0.481 e. The molecule has 0 aliphatic carbocycles. The summed E-state index contributed by atoms with van der Waals surface area (Å²) in [6.45, 7) is 1.92. The zero-order valence-corrected chi connectivity index (χ0v) is 7.87. The van der Waals surface area contributed by atoms with E-state index in [0.29, 0.717) is 5.69 Å². The van der Waals surface area contributed by atoms with Crippen LogP contribution in [0.4, 0.5) is 5.69 Å². The molecule has 14 heavy (non-hydrogen) atoms. The number of hydrogen-bond donors (Lipinski definition) is 2. The highest BCUT2D eigenvalue weighted by Gasteiger charge is 1.93. The third-order valence-corrected chi connectivity index (χ3v) is 1.57. The summed E-state index contributed by atoms with van der Waals surface area (Å²) >= 11 is 0. The molecule has 72 valence electrons. The van der Waals surface area contributed by atoms with Crippen LogP contribution in [0.25, 0.3) is 0 Å². The van der Waals surface area contributed by atoms with Crippen LogP contribution in [0.5, 0.6) is 0 Å². The Balaban J connectivity index is 2.84. The van der Waals surface area contributed by atoms with E-state index in [1.54, 1.807) is 6.07 Å². The van der Waals surface area contributed by atoms with Gasteiger partial charge in [-0.05, 0) is 30.7 Å². The molecular formula is C11H11NO2. The number of benzene rings is 1. The van der Waals surface area contributed by atoms with Crippen molar-refractivity contribution in [2.45, 2.75) is 13.3 Å². The average Bonchev–Trinajstić information content (AvgIpc) is 2.01. The molecule has 0 bridgehead atoms. The third-order valence-electron chi connectivity index (χ3n) is 1.57. The smallest absolute Gasteiger partial charge is 0.315 e. The van der Waals surface area contributed by atoms with Crippen molar-refractivity contribution in [2.24, 2.45) is 0 Å². The highest BCUT2D eigenvalue weighted by molar-refractivity contribution is 5.70. The van der Waals surface area contributed by atoms with E-state index in [4.69, 9.17) is 10.8 Å². The fourth-order valence-electron chi connectivity index (χ4n) is 1.11. The van der Waals surface area contributed by atoms with Crippen LogP contribution < -0.4 is 5.73 Å². The molecule has 3 nitrogen and oxygen atoms in total. The third kappa shape index (κ3) is 3.20. The van der Waals surface area contributed by atoms with Crippen LogP contribution in [0.15, 0.2) is 18.2 Å². The zero-order chi connectivity index (χ0) is 10.6. The fraction of sp³-hybridized carbons (Fsp3) is 0.182. The summed E-state index contributed by atoms with van der Waals surface area (Å²) in [5, 5.41) is 8.37. The first-order valence-corrected chi connectivity index (χ1v) is 4.16. The first kappa shape index (κ1) is 10.1. The van der Waals surface area contributed by atoms with Crippen LogP contribution in [0.1, 0.15) is 17.5 Å². The lowest BCUT2D eigenvalue weighted by Crippen LogP contribution is -1.91. The van der Waals surface area contributed by atoms with Crippen LogP contribution in [0.3, 0.4) is 0 Å². The van der Waals surface area contributed by atoms with Crippen molar-refractivity contribution < 1.29 is 9.90 Å². The maximum absolute atomic E-state index is 10.2. The Hall–Kier alpha value is -1.95. The topological polar surface area (TPSA) is 63.3 Å². The van der Waals surface area contributed by atoms with E-state index in [9.17, 15) is 4.79 Å². The van der Waals surface area contributed by atoms with Crippen LogP contribution >= 0.6 is 0 Å². The second-order valence-electron chi connectivity index (χ2n) is 3.00. The molecule has 0 amide bonds. The van der Waals surface area contributed by atoms with Gasteiger partial charge >= 0.3 is 5.97 Å². The largest absolute Gasteiger partial charge is 0.481 e. The monoisotopic (exact) mass is 189 g/mol. The van der Waals surface area contributed by atoms with Gasteiger partial charge in [-0.2, -0.15) is 0 Å². The minimum atomic E-state index is -0.918. The van der Waals surface area contributed by atoms with Crippen molar-refractivity contribution in [1.82, 2.24) is 0 Å². The summed E-state index contributed by atoms with van der Waals surface area (Å²) in [7, 11) is 0. The summed E-state index contributed by atoms with van der Waals surface area (Å²) in [6, 6.07) is 5.43. The summed E-state index contributed by atoms with van der Waals surface area (Å²) in [4.78, 5) is 10.2. The molecule has 1 aromatic rings. The average molecular weight is 189 g/mol. The number of anilines is 1. The molecule has 0 radical (unpaired) electrons. The van der Waals surface area contributed by atoms with Crippen molar-refractivity contribution in [3.05, 3.63) is 29.3 Å². The van der Waals surface area contributed by atoms with Gasteiger partial charge in [0.05, 0.1) is 0 Å². The van der Waals surface area contributed by atoms with Gasteiger partial charge in [0, 0.05) is 11.3 Å². The van der Waals surface area contributed by atoms with Crippen LogP contribution in [-0.2, 0) is 4.79 Å². The summed E-state index contributed by atoms with van der Waals surface area (Å²) in [6.07, 6.45) is -0.145. The van der Waals surface area contributed by atoms with E-state index in [-0.39, 0.29) is 6.42 Å². The Bertz CT molecular complexity index is 393. The number of aryl methyl sites for hydroxylation is 1. The molecule has 0 aliphatic rings. The molecular weight excluding hydrogens is 178 g/mol. The number of carboxylic acids is 1. The Morgan fingerprint density at radius 2 is 2.21 bits per heavy atom. The molecule has 0 unspecified atom stereocenters. The van der Waals surface area contributed by atoms with Gasteiger partial charge in [-0.1, -0.05) is 11.8 Å². The molecule has 1 rings (SSSR count). The number of nitrogens with two attached hydrogens (primary N) is 1. The zero-order valence-electron chi connectivity index (χ0n) is 7.87. The molecule has 0 heterocycles. The summed E-state index contributed by atoms with van der Waals surface area (Å²) in [5.74, 6) is 4.38. The minimum absolute atomic E-state index is 0.145. The normalized spacial score (nSPS) is 8.93. The molecule has 0 atom stereocenters. The van der Waals surface area contributed by atoms with Crippen molar-refractivity contribution >= 4 is 11.7 Å². The number of aliphatic carboxylic acids is 1. The van der Waals surface area contributed by atoms with E-state index >= 15 is 0 Å². The van der Waals surface area contributed by atoms with Crippen LogP contribution in [-0.4, -0.2) is 11.1 Å². The molecule has 3 N–H and O–H groups in total. The van der Waals surface area contributed by atoms with Crippen molar-refractivity contribution in [3.8, 4) is 11.8 Å². The van der Waals surface area contributed by atoms with E-state index in [1.807, 2.05) is 19.1 Å². The maximum atomic E-state index is 10.2. The van der Waals surface area contributed by atoms with Gasteiger partial charge in [-0.3, -0.25) is 4.79 Å². The molecule has 0 fully saturated rings. The standard InChI is InChI=1S/C11H11NO2/c1-8-5-9(7-10(12)6-8)3-2-4-11(13)14/h5-7H,4,12H2,1H3,(H,13,14). The number of nitrogen functional groups attached to an aromatic ring is 1. The molecule has 0 saturated heterocycles. The Labute approximate surface area is 82.6 Å². The fourth-order valence-corrected chi connectivity index (χ4v) is 1.11. The van der Waals surface area contributed by atoms with Gasteiger partial charge in [0.15, 0.2) is 0 Å². The Morgan fingerprint density at radius 1 is 1.50 bits per heavy atom. The van der Waals surface area contributed by atoms with Gasteiger partial charge in [-0.15, -0.1) is 0 Å². The van der Waals surface area contributed by atoms with Gasteiger partial charge in [0.25, 0.3) is 0 Å². The number of rotatable bonds is 1. The molecule has 3 heteroatoms. The Kier molecular flexibility index (Phi) is 3.14. The molecule has 0 spiro atoms. The maximum Gasteiger partial charge on any atom is 0.315 e. The van der Waals surface area contributed by atoms with Gasteiger partial charge in [0.2, 0.25) is 0 Å². The molecule has 0 aliphatic heterocycles. The second kappa shape index (κ2) is 4.33.